The van der Waals surface area contributed by atoms with Crippen molar-refractivity contribution in [2.45, 2.75) is 4.90 Å². The molecule has 0 aliphatic carbocycles. The van der Waals surface area contributed by atoms with Gasteiger partial charge in [0.05, 0.1) is 12.8 Å². The summed E-state index contributed by atoms with van der Waals surface area (Å²) in [6.07, 6.45) is 1.96. The van der Waals surface area contributed by atoms with E-state index in [0.29, 0.717) is 16.1 Å². The molecule has 0 aliphatic heterocycles. The molecule has 6 heteroatoms. The summed E-state index contributed by atoms with van der Waals surface area (Å²) in [6, 6.07) is 18.9. The molecular weight excluding hydrogens is 366 g/mol. The Balaban J connectivity index is 1.94. The molecule has 3 aromatic rings. The number of ether oxygens (including phenoxy) is 1. The van der Waals surface area contributed by atoms with Crippen molar-refractivity contribution in [3.05, 3.63) is 71.1 Å². The molecule has 3 rings (SSSR count). The highest BCUT2D eigenvalue weighted by Crippen LogP contribution is 2.35. The first kappa shape index (κ1) is 18.2. The number of hydrogen-bond donors (Lipinski definition) is 1. The highest BCUT2D eigenvalue weighted by molar-refractivity contribution is 7.98. The molecule has 1 aromatic heterocycles. The third-order valence-corrected chi connectivity index (χ3v) is 5.63. The maximum Gasteiger partial charge on any atom is 0.350 e. The van der Waals surface area contributed by atoms with Gasteiger partial charge in [-0.05, 0) is 36.1 Å². The molecule has 0 radical (unpaired) electrons. The van der Waals surface area contributed by atoms with Gasteiger partial charge in [-0.3, -0.25) is 4.79 Å². The molecule has 1 N–H and O–H groups in total. The predicted octanol–water partition coefficient (Wildman–Crippen LogP) is 5.18. The number of carbonyl (C=O) groups is 2. The minimum absolute atomic E-state index is 0.261. The summed E-state index contributed by atoms with van der Waals surface area (Å²) in [5.74, 6) is -0.728. The second-order valence-electron chi connectivity index (χ2n) is 5.40. The maximum absolute atomic E-state index is 12.6. The van der Waals surface area contributed by atoms with Crippen molar-refractivity contribution in [2.75, 3.05) is 18.7 Å². The lowest BCUT2D eigenvalue weighted by molar-refractivity contribution is 0.0607. The van der Waals surface area contributed by atoms with Crippen molar-refractivity contribution in [2.24, 2.45) is 0 Å². The van der Waals surface area contributed by atoms with Crippen LogP contribution in [0.5, 0.6) is 0 Å². The van der Waals surface area contributed by atoms with Gasteiger partial charge in [-0.2, -0.15) is 0 Å². The van der Waals surface area contributed by atoms with Gasteiger partial charge < -0.3 is 10.1 Å². The predicted molar refractivity (Wildman–Crippen MR) is 107 cm³/mol. The summed E-state index contributed by atoms with van der Waals surface area (Å²) in [6.45, 7) is 0. The van der Waals surface area contributed by atoms with Gasteiger partial charge in [0.1, 0.15) is 4.88 Å². The van der Waals surface area contributed by atoms with Crippen molar-refractivity contribution >= 4 is 40.7 Å². The highest BCUT2D eigenvalue weighted by Gasteiger charge is 2.20. The number of amides is 1. The number of methoxy groups -OCH3 is 1. The number of anilines is 1. The van der Waals surface area contributed by atoms with Gasteiger partial charge in [0.25, 0.3) is 5.91 Å². The fourth-order valence-corrected chi connectivity index (χ4v) is 3.93. The van der Waals surface area contributed by atoms with Gasteiger partial charge in [-0.1, -0.05) is 36.4 Å². The lowest BCUT2D eigenvalue weighted by Crippen LogP contribution is -2.13. The molecule has 2 aromatic carbocycles. The van der Waals surface area contributed by atoms with E-state index in [0.717, 1.165) is 15.3 Å². The fraction of sp³-hybridized carbons (Fsp3) is 0.100. The van der Waals surface area contributed by atoms with Crippen molar-refractivity contribution < 1.29 is 14.3 Å². The number of benzene rings is 2. The van der Waals surface area contributed by atoms with Crippen LogP contribution in [-0.2, 0) is 4.74 Å². The number of esters is 1. The van der Waals surface area contributed by atoms with Crippen LogP contribution in [0, 0.1) is 0 Å². The molecule has 26 heavy (non-hydrogen) atoms. The zero-order valence-corrected chi connectivity index (χ0v) is 15.9. The standard InChI is InChI=1S/C20H17NO3S2/c1-24-20(23)18-16(12-17(26-18)13-7-4-3-5-8-13)21-19(22)14-9-6-10-15(11-14)25-2/h3-12H,1-2H3,(H,21,22). The summed E-state index contributed by atoms with van der Waals surface area (Å²) in [4.78, 5) is 27.0. The first-order chi connectivity index (χ1) is 12.6. The van der Waals surface area contributed by atoms with Gasteiger partial charge in [-0.25, -0.2) is 4.79 Å². The van der Waals surface area contributed by atoms with E-state index in [1.54, 1.807) is 17.8 Å². The minimum Gasteiger partial charge on any atom is -0.465 e. The molecular formula is C20H17NO3S2. The lowest BCUT2D eigenvalue weighted by Gasteiger charge is -2.06. The number of hydrogen-bond acceptors (Lipinski definition) is 5. The smallest absolute Gasteiger partial charge is 0.350 e. The average molecular weight is 383 g/mol. The summed E-state index contributed by atoms with van der Waals surface area (Å²) >= 11 is 2.86. The number of rotatable bonds is 5. The maximum atomic E-state index is 12.6. The van der Waals surface area contributed by atoms with Crippen molar-refractivity contribution in [1.29, 1.82) is 0 Å². The van der Waals surface area contributed by atoms with Crippen molar-refractivity contribution in [1.82, 2.24) is 0 Å². The number of carbonyl (C=O) groups excluding carboxylic acids is 2. The molecule has 132 valence electrons. The first-order valence-corrected chi connectivity index (χ1v) is 9.89. The van der Waals surface area contributed by atoms with Crippen LogP contribution in [0.2, 0.25) is 0 Å². The SMILES string of the molecule is COC(=O)c1sc(-c2ccccc2)cc1NC(=O)c1cccc(SC)c1. The van der Waals surface area contributed by atoms with Crippen molar-refractivity contribution in [3.8, 4) is 10.4 Å². The fourth-order valence-electron chi connectivity index (χ4n) is 2.43. The number of thiophene rings is 1. The van der Waals surface area contributed by atoms with E-state index >= 15 is 0 Å². The Morgan fingerprint density at radius 2 is 1.81 bits per heavy atom. The van der Waals surface area contributed by atoms with E-state index in [9.17, 15) is 9.59 Å². The molecule has 1 heterocycles. The third kappa shape index (κ3) is 3.98. The molecule has 1 amide bonds. The lowest BCUT2D eigenvalue weighted by atomic mass is 10.2. The van der Waals surface area contributed by atoms with Crippen LogP contribution >= 0.6 is 23.1 Å². The van der Waals surface area contributed by atoms with Crippen LogP contribution in [0.1, 0.15) is 20.0 Å². The number of nitrogens with one attached hydrogen (secondary N) is 1. The van der Waals surface area contributed by atoms with E-state index in [2.05, 4.69) is 5.32 Å². The highest BCUT2D eigenvalue weighted by atomic mass is 32.2. The largest absolute Gasteiger partial charge is 0.465 e. The Morgan fingerprint density at radius 1 is 1.04 bits per heavy atom. The molecule has 0 bridgehead atoms. The Hall–Kier alpha value is -2.57. The van der Waals surface area contributed by atoms with Gasteiger partial charge >= 0.3 is 5.97 Å². The van der Waals surface area contributed by atoms with Crippen LogP contribution in [0.3, 0.4) is 0 Å². The molecule has 0 spiro atoms. The zero-order valence-electron chi connectivity index (χ0n) is 14.3. The molecule has 0 fully saturated rings. The summed E-state index contributed by atoms with van der Waals surface area (Å²) in [7, 11) is 1.33. The molecule has 0 unspecified atom stereocenters. The molecule has 0 saturated carbocycles. The van der Waals surface area contributed by atoms with Crippen LogP contribution in [-0.4, -0.2) is 25.2 Å². The van der Waals surface area contributed by atoms with E-state index in [1.807, 2.05) is 60.9 Å². The second-order valence-corrected chi connectivity index (χ2v) is 7.33. The van der Waals surface area contributed by atoms with Gasteiger partial charge in [-0.15, -0.1) is 23.1 Å². The summed E-state index contributed by atoms with van der Waals surface area (Å²) in [5, 5.41) is 2.84. The Labute approximate surface area is 160 Å². The van der Waals surface area contributed by atoms with E-state index < -0.39 is 5.97 Å². The van der Waals surface area contributed by atoms with Crippen LogP contribution in [0.4, 0.5) is 5.69 Å². The van der Waals surface area contributed by atoms with Gasteiger partial charge in [0.15, 0.2) is 0 Å². The van der Waals surface area contributed by atoms with E-state index in [4.69, 9.17) is 4.74 Å². The zero-order chi connectivity index (χ0) is 18.5. The van der Waals surface area contributed by atoms with E-state index in [1.165, 1.54) is 18.4 Å². The first-order valence-electron chi connectivity index (χ1n) is 7.85. The Morgan fingerprint density at radius 3 is 2.50 bits per heavy atom. The minimum atomic E-state index is -0.467. The number of thioether (sulfide) groups is 1. The van der Waals surface area contributed by atoms with Crippen LogP contribution in [0.15, 0.2) is 65.6 Å². The molecule has 4 nitrogen and oxygen atoms in total. The van der Waals surface area contributed by atoms with Crippen LogP contribution in [0.25, 0.3) is 10.4 Å². The Kier molecular flexibility index (Phi) is 5.75. The summed E-state index contributed by atoms with van der Waals surface area (Å²) in [5.41, 5.74) is 1.98. The Bertz CT molecular complexity index is 935. The average Bonchev–Trinajstić information content (AvgIpc) is 3.11. The summed E-state index contributed by atoms with van der Waals surface area (Å²) < 4.78 is 4.87. The second kappa shape index (κ2) is 8.21. The molecule has 0 aliphatic rings. The third-order valence-electron chi connectivity index (χ3n) is 3.74. The van der Waals surface area contributed by atoms with Gasteiger partial charge in [0, 0.05) is 15.3 Å². The normalized spacial score (nSPS) is 10.4. The topological polar surface area (TPSA) is 55.4 Å². The van der Waals surface area contributed by atoms with Crippen molar-refractivity contribution in [3.63, 3.8) is 0 Å². The van der Waals surface area contributed by atoms with Crippen LogP contribution < -0.4 is 5.32 Å². The monoisotopic (exact) mass is 383 g/mol. The molecule has 0 atom stereocenters. The van der Waals surface area contributed by atoms with Gasteiger partial charge in [0.2, 0.25) is 0 Å². The molecule has 0 saturated heterocycles. The van der Waals surface area contributed by atoms with E-state index in [-0.39, 0.29) is 5.91 Å². The quantitative estimate of drug-likeness (QED) is 0.487.